The summed E-state index contributed by atoms with van der Waals surface area (Å²) < 4.78 is 39.4. The number of carbonyl (C=O) groups excluding carboxylic acids is 1. The molecule has 0 radical (unpaired) electrons. The molecular weight excluding hydrogens is 316 g/mol. The predicted octanol–water partition coefficient (Wildman–Crippen LogP) is 4.06. The number of hydrogen-bond donors (Lipinski definition) is 1. The van der Waals surface area contributed by atoms with Crippen LogP contribution in [0.1, 0.15) is 10.4 Å². The zero-order chi connectivity index (χ0) is 14.9. The fraction of sp³-hybridized carbons (Fsp3) is 0. The third-order valence-electron chi connectivity index (χ3n) is 2.30. The van der Waals surface area contributed by atoms with Gasteiger partial charge in [-0.2, -0.15) is 0 Å². The average molecular weight is 321 g/mol. The Bertz CT molecular complexity index is 671. The number of pyridine rings is 1. The highest BCUT2D eigenvalue weighted by Gasteiger charge is 2.17. The summed E-state index contributed by atoms with van der Waals surface area (Å²) in [5.41, 5.74) is -0.732. The van der Waals surface area contributed by atoms with Crippen molar-refractivity contribution in [2.24, 2.45) is 0 Å². The maximum Gasteiger partial charge on any atom is 0.259 e. The van der Waals surface area contributed by atoms with Gasteiger partial charge in [-0.05, 0) is 12.1 Å². The zero-order valence-electron chi connectivity index (χ0n) is 9.55. The molecule has 0 unspecified atom stereocenters. The summed E-state index contributed by atoms with van der Waals surface area (Å²) >= 11 is 11.3. The molecule has 20 heavy (non-hydrogen) atoms. The summed E-state index contributed by atoms with van der Waals surface area (Å²) in [6.07, 6.45) is 0.824. The lowest BCUT2D eigenvalue weighted by atomic mass is 10.2. The van der Waals surface area contributed by atoms with E-state index < -0.39 is 29.0 Å². The molecular formula is C12H5Cl2F3N2O. The van der Waals surface area contributed by atoms with E-state index in [0.29, 0.717) is 6.07 Å². The summed E-state index contributed by atoms with van der Waals surface area (Å²) in [6.45, 7) is 0. The molecule has 0 saturated carbocycles. The average Bonchev–Trinajstić information content (AvgIpc) is 2.36. The molecule has 1 amide bonds. The second kappa shape index (κ2) is 5.68. The third-order valence-corrected chi connectivity index (χ3v) is 2.90. The SMILES string of the molecule is O=C(Nc1c(F)cc(F)cc1Cl)c1cc(F)cnc1Cl. The van der Waals surface area contributed by atoms with Gasteiger partial charge in [-0.25, -0.2) is 18.2 Å². The molecule has 0 bridgehead atoms. The Labute approximate surface area is 121 Å². The number of aromatic nitrogens is 1. The second-order valence-electron chi connectivity index (χ2n) is 3.69. The van der Waals surface area contributed by atoms with Gasteiger partial charge in [-0.1, -0.05) is 23.2 Å². The van der Waals surface area contributed by atoms with Crippen LogP contribution in [0.25, 0.3) is 0 Å². The Hall–Kier alpha value is -1.79. The monoisotopic (exact) mass is 320 g/mol. The van der Waals surface area contributed by atoms with Crippen molar-refractivity contribution in [1.82, 2.24) is 4.98 Å². The van der Waals surface area contributed by atoms with Crippen molar-refractivity contribution in [3.05, 3.63) is 57.6 Å². The molecule has 1 aromatic carbocycles. The Balaban J connectivity index is 2.35. The molecule has 2 aromatic rings. The number of halogens is 5. The molecule has 0 saturated heterocycles. The Morgan fingerprint density at radius 1 is 1.10 bits per heavy atom. The van der Waals surface area contributed by atoms with Gasteiger partial charge in [-0.3, -0.25) is 4.79 Å². The quantitative estimate of drug-likeness (QED) is 0.848. The van der Waals surface area contributed by atoms with Crippen molar-refractivity contribution in [3.63, 3.8) is 0 Å². The van der Waals surface area contributed by atoms with E-state index in [4.69, 9.17) is 23.2 Å². The number of hydrogen-bond acceptors (Lipinski definition) is 2. The van der Waals surface area contributed by atoms with E-state index in [-0.39, 0.29) is 15.7 Å². The first-order valence-corrected chi connectivity index (χ1v) is 5.91. The Morgan fingerprint density at radius 2 is 1.80 bits per heavy atom. The molecule has 104 valence electrons. The Morgan fingerprint density at radius 3 is 2.45 bits per heavy atom. The van der Waals surface area contributed by atoms with Crippen molar-refractivity contribution >= 4 is 34.8 Å². The Kier molecular flexibility index (Phi) is 4.15. The van der Waals surface area contributed by atoms with Gasteiger partial charge in [0.2, 0.25) is 0 Å². The summed E-state index contributed by atoms with van der Waals surface area (Å²) in [5, 5.41) is 1.49. The standard InChI is InChI=1S/C12H5Cl2F3N2O/c13-8-2-5(15)3-9(17)10(8)19-12(20)7-1-6(16)4-18-11(7)14/h1-4H,(H,19,20). The van der Waals surface area contributed by atoms with Gasteiger partial charge in [-0.15, -0.1) is 0 Å². The van der Waals surface area contributed by atoms with E-state index in [1.807, 2.05) is 0 Å². The van der Waals surface area contributed by atoms with Gasteiger partial charge in [0, 0.05) is 6.07 Å². The van der Waals surface area contributed by atoms with Crippen LogP contribution in [0.4, 0.5) is 18.9 Å². The van der Waals surface area contributed by atoms with E-state index in [2.05, 4.69) is 10.3 Å². The van der Waals surface area contributed by atoms with Gasteiger partial charge < -0.3 is 5.32 Å². The first-order chi connectivity index (χ1) is 9.38. The van der Waals surface area contributed by atoms with Crippen LogP contribution in [0, 0.1) is 17.5 Å². The first-order valence-electron chi connectivity index (χ1n) is 5.15. The molecule has 1 N–H and O–H groups in total. The summed E-state index contributed by atoms with van der Waals surface area (Å²) in [5.74, 6) is -3.67. The van der Waals surface area contributed by atoms with Gasteiger partial charge in [0.05, 0.1) is 22.5 Å². The maximum absolute atomic E-state index is 13.5. The van der Waals surface area contributed by atoms with Crippen LogP contribution in [0.15, 0.2) is 24.4 Å². The van der Waals surface area contributed by atoms with E-state index in [1.54, 1.807) is 0 Å². The molecule has 0 spiro atoms. The number of amides is 1. The van der Waals surface area contributed by atoms with Crippen molar-refractivity contribution in [1.29, 1.82) is 0 Å². The maximum atomic E-state index is 13.5. The van der Waals surface area contributed by atoms with Gasteiger partial charge >= 0.3 is 0 Å². The smallest absolute Gasteiger partial charge is 0.259 e. The largest absolute Gasteiger partial charge is 0.318 e. The van der Waals surface area contributed by atoms with Crippen LogP contribution >= 0.6 is 23.2 Å². The van der Waals surface area contributed by atoms with Gasteiger partial charge in [0.25, 0.3) is 5.91 Å². The molecule has 0 aliphatic heterocycles. The van der Waals surface area contributed by atoms with Gasteiger partial charge in [0.15, 0.2) is 5.82 Å². The minimum absolute atomic E-state index is 0.262. The van der Waals surface area contributed by atoms with Crippen LogP contribution in [-0.2, 0) is 0 Å². The zero-order valence-corrected chi connectivity index (χ0v) is 11.1. The van der Waals surface area contributed by atoms with Gasteiger partial charge in [0.1, 0.15) is 16.8 Å². The van der Waals surface area contributed by atoms with Crippen molar-refractivity contribution in [3.8, 4) is 0 Å². The molecule has 0 aliphatic rings. The lowest BCUT2D eigenvalue weighted by molar-refractivity contribution is 0.102. The van der Waals surface area contributed by atoms with Crippen LogP contribution in [-0.4, -0.2) is 10.9 Å². The highest BCUT2D eigenvalue weighted by molar-refractivity contribution is 6.35. The molecule has 1 heterocycles. The van der Waals surface area contributed by atoms with Crippen LogP contribution < -0.4 is 5.32 Å². The minimum atomic E-state index is -1.07. The van der Waals surface area contributed by atoms with E-state index in [1.165, 1.54) is 0 Å². The van der Waals surface area contributed by atoms with Crippen molar-refractivity contribution in [2.45, 2.75) is 0 Å². The minimum Gasteiger partial charge on any atom is -0.318 e. The summed E-state index contributed by atoms with van der Waals surface area (Å²) in [7, 11) is 0. The number of benzene rings is 1. The van der Waals surface area contributed by atoms with Crippen LogP contribution in [0.5, 0.6) is 0 Å². The molecule has 0 aliphatic carbocycles. The van der Waals surface area contributed by atoms with E-state index >= 15 is 0 Å². The fourth-order valence-corrected chi connectivity index (χ4v) is 1.86. The number of nitrogens with one attached hydrogen (secondary N) is 1. The lowest BCUT2D eigenvalue weighted by Gasteiger charge is -2.09. The van der Waals surface area contributed by atoms with Crippen molar-refractivity contribution < 1.29 is 18.0 Å². The first kappa shape index (κ1) is 14.6. The van der Waals surface area contributed by atoms with Crippen molar-refractivity contribution in [2.75, 3.05) is 5.32 Å². The molecule has 1 aromatic heterocycles. The topological polar surface area (TPSA) is 42.0 Å². The third kappa shape index (κ3) is 3.02. The van der Waals surface area contributed by atoms with Crippen LogP contribution in [0.2, 0.25) is 10.2 Å². The van der Waals surface area contributed by atoms with Crippen LogP contribution in [0.3, 0.4) is 0 Å². The highest BCUT2D eigenvalue weighted by atomic mass is 35.5. The second-order valence-corrected chi connectivity index (χ2v) is 4.46. The molecule has 0 fully saturated rings. The van der Waals surface area contributed by atoms with E-state index in [9.17, 15) is 18.0 Å². The summed E-state index contributed by atoms with van der Waals surface area (Å²) in [4.78, 5) is 15.3. The number of rotatable bonds is 2. The molecule has 0 atom stereocenters. The number of anilines is 1. The number of carbonyl (C=O) groups is 1. The lowest BCUT2D eigenvalue weighted by Crippen LogP contribution is -2.15. The molecule has 8 heteroatoms. The van der Waals surface area contributed by atoms with E-state index in [0.717, 1.165) is 18.3 Å². The predicted molar refractivity (Wildman–Crippen MR) is 68.5 cm³/mol. The summed E-state index contributed by atoms with van der Waals surface area (Å²) in [6, 6.07) is 2.21. The highest BCUT2D eigenvalue weighted by Crippen LogP contribution is 2.27. The fourth-order valence-electron chi connectivity index (χ4n) is 1.42. The molecule has 3 nitrogen and oxygen atoms in total. The normalized spacial score (nSPS) is 10.4. The number of nitrogens with zero attached hydrogens (tertiary/aromatic N) is 1. The molecule has 2 rings (SSSR count).